The molecule has 18 heavy (non-hydrogen) atoms. The molecule has 1 heterocycles. The van der Waals surface area contributed by atoms with Gasteiger partial charge in [-0.1, -0.05) is 6.07 Å². The molecule has 1 aromatic carbocycles. The van der Waals surface area contributed by atoms with Gasteiger partial charge in [-0.2, -0.15) is 0 Å². The van der Waals surface area contributed by atoms with Crippen molar-refractivity contribution in [1.82, 2.24) is 14.8 Å². The van der Waals surface area contributed by atoms with E-state index in [0.717, 1.165) is 0 Å². The summed E-state index contributed by atoms with van der Waals surface area (Å²) in [5, 5.41) is 7.60. The first-order valence-electron chi connectivity index (χ1n) is 5.58. The summed E-state index contributed by atoms with van der Waals surface area (Å²) < 4.78 is 20.8. The number of aromatic nitrogens is 3. The predicted octanol–water partition coefficient (Wildman–Crippen LogP) is 1.55. The van der Waals surface area contributed by atoms with Crippen LogP contribution in [0.5, 0.6) is 5.75 Å². The van der Waals surface area contributed by atoms with E-state index in [2.05, 4.69) is 10.2 Å². The van der Waals surface area contributed by atoms with Gasteiger partial charge in [0.2, 0.25) is 0 Å². The second-order valence-corrected chi connectivity index (χ2v) is 4.12. The van der Waals surface area contributed by atoms with Crippen LogP contribution in [-0.4, -0.2) is 14.8 Å². The molecule has 0 amide bonds. The van der Waals surface area contributed by atoms with Crippen molar-refractivity contribution in [3.8, 4) is 5.75 Å². The number of nitrogens with two attached hydrogens (primary N) is 1. The number of ether oxygens (including phenoxy) is 1. The Morgan fingerprint density at radius 1 is 1.50 bits per heavy atom. The molecule has 0 aliphatic heterocycles. The van der Waals surface area contributed by atoms with Crippen LogP contribution in [0.4, 0.5) is 4.39 Å². The highest BCUT2D eigenvalue weighted by molar-refractivity contribution is 5.30. The average molecular weight is 250 g/mol. The summed E-state index contributed by atoms with van der Waals surface area (Å²) in [5.41, 5.74) is 6.11. The van der Waals surface area contributed by atoms with Gasteiger partial charge in [0.25, 0.3) is 0 Å². The number of aryl methyl sites for hydroxylation is 1. The molecule has 1 atom stereocenters. The quantitative estimate of drug-likeness (QED) is 0.894. The van der Waals surface area contributed by atoms with E-state index in [-0.39, 0.29) is 18.5 Å². The zero-order valence-electron chi connectivity index (χ0n) is 10.3. The van der Waals surface area contributed by atoms with E-state index in [1.807, 2.05) is 7.05 Å². The predicted molar refractivity (Wildman–Crippen MR) is 64.3 cm³/mol. The van der Waals surface area contributed by atoms with Crippen molar-refractivity contribution in [1.29, 1.82) is 0 Å². The molecule has 0 fully saturated rings. The van der Waals surface area contributed by atoms with Crippen molar-refractivity contribution in [2.24, 2.45) is 12.8 Å². The van der Waals surface area contributed by atoms with E-state index >= 15 is 0 Å². The second kappa shape index (κ2) is 5.14. The summed E-state index contributed by atoms with van der Waals surface area (Å²) >= 11 is 0. The molecule has 5 nitrogen and oxygen atoms in total. The van der Waals surface area contributed by atoms with Crippen molar-refractivity contribution in [2.45, 2.75) is 19.6 Å². The molecule has 2 N–H and O–H groups in total. The normalized spacial score (nSPS) is 12.4. The van der Waals surface area contributed by atoms with Crippen LogP contribution < -0.4 is 10.5 Å². The van der Waals surface area contributed by atoms with Gasteiger partial charge in [0, 0.05) is 24.7 Å². The molecule has 0 saturated carbocycles. The molecule has 96 valence electrons. The van der Waals surface area contributed by atoms with E-state index in [9.17, 15) is 4.39 Å². The van der Waals surface area contributed by atoms with Crippen molar-refractivity contribution in [3.63, 3.8) is 0 Å². The molecule has 0 aliphatic rings. The Labute approximate surface area is 104 Å². The molecule has 1 aromatic heterocycles. The van der Waals surface area contributed by atoms with Crippen LogP contribution in [0.1, 0.15) is 24.4 Å². The number of hydrogen-bond donors (Lipinski definition) is 1. The van der Waals surface area contributed by atoms with Crippen molar-refractivity contribution in [3.05, 3.63) is 41.7 Å². The smallest absolute Gasteiger partial charge is 0.170 e. The summed E-state index contributed by atoms with van der Waals surface area (Å²) in [6.07, 6.45) is 1.58. The van der Waals surface area contributed by atoms with Crippen LogP contribution in [0.15, 0.2) is 24.5 Å². The van der Waals surface area contributed by atoms with E-state index in [1.165, 1.54) is 6.07 Å². The molecule has 0 saturated heterocycles. The third-order valence-electron chi connectivity index (χ3n) is 2.64. The Balaban J connectivity index is 2.07. The van der Waals surface area contributed by atoms with Crippen LogP contribution in [0.2, 0.25) is 0 Å². The molecule has 0 radical (unpaired) electrons. The standard InChI is InChI=1S/C12H15FN4O/c1-8(14)10-4-3-9(5-11(10)13)18-6-12-16-15-7-17(12)2/h3-5,7-8H,6,14H2,1-2H3/t8-/m1/s1. The minimum atomic E-state index is -0.361. The Hall–Kier alpha value is -1.95. The van der Waals surface area contributed by atoms with Gasteiger partial charge in [-0.3, -0.25) is 0 Å². The fourth-order valence-electron chi connectivity index (χ4n) is 1.55. The summed E-state index contributed by atoms with van der Waals surface area (Å²) in [6.45, 7) is 1.98. The van der Waals surface area contributed by atoms with Crippen LogP contribution in [0, 0.1) is 5.82 Å². The van der Waals surface area contributed by atoms with Crippen LogP contribution in [-0.2, 0) is 13.7 Å². The Bertz CT molecular complexity index is 539. The van der Waals surface area contributed by atoms with Gasteiger partial charge in [0.1, 0.15) is 24.5 Å². The number of benzene rings is 1. The number of hydrogen-bond acceptors (Lipinski definition) is 4. The topological polar surface area (TPSA) is 66.0 Å². The summed E-state index contributed by atoms with van der Waals surface area (Å²) in [4.78, 5) is 0. The molecular formula is C12H15FN4O. The molecular weight excluding hydrogens is 235 g/mol. The molecule has 2 aromatic rings. The van der Waals surface area contributed by atoms with Gasteiger partial charge in [0.15, 0.2) is 5.82 Å². The van der Waals surface area contributed by atoms with E-state index < -0.39 is 0 Å². The molecule has 0 aliphatic carbocycles. The first-order valence-corrected chi connectivity index (χ1v) is 5.58. The zero-order valence-corrected chi connectivity index (χ0v) is 10.3. The van der Waals surface area contributed by atoms with E-state index in [1.54, 1.807) is 30.0 Å². The fourth-order valence-corrected chi connectivity index (χ4v) is 1.55. The second-order valence-electron chi connectivity index (χ2n) is 4.12. The van der Waals surface area contributed by atoms with E-state index in [0.29, 0.717) is 17.1 Å². The van der Waals surface area contributed by atoms with Gasteiger partial charge in [-0.05, 0) is 13.0 Å². The average Bonchev–Trinajstić information content (AvgIpc) is 2.72. The minimum Gasteiger partial charge on any atom is -0.486 e. The first kappa shape index (κ1) is 12.5. The maximum Gasteiger partial charge on any atom is 0.170 e. The Morgan fingerprint density at radius 3 is 2.83 bits per heavy atom. The van der Waals surface area contributed by atoms with Crippen LogP contribution >= 0.6 is 0 Å². The third-order valence-corrected chi connectivity index (χ3v) is 2.64. The number of nitrogens with zero attached hydrogens (tertiary/aromatic N) is 3. The van der Waals surface area contributed by atoms with Crippen molar-refractivity contribution >= 4 is 0 Å². The third kappa shape index (κ3) is 2.65. The molecule has 0 unspecified atom stereocenters. The number of rotatable bonds is 4. The van der Waals surface area contributed by atoms with Crippen LogP contribution in [0.25, 0.3) is 0 Å². The summed E-state index contributed by atoms with van der Waals surface area (Å²) in [7, 11) is 1.82. The lowest BCUT2D eigenvalue weighted by Gasteiger charge is -2.10. The maximum atomic E-state index is 13.7. The highest BCUT2D eigenvalue weighted by atomic mass is 19.1. The van der Waals surface area contributed by atoms with Crippen molar-refractivity contribution < 1.29 is 9.13 Å². The fraction of sp³-hybridized carbons (Fsp3) is 0.333. The van der Waals surface area contributed by atoms with E-state index in [4.69, 9.17) is 10.5 Å². The SMILES string of the molecule is C[C@@H](N)c1ccc(OCc2nncn2C)cc1F. The Kier molecular flexibility index (Phi) is 3.57. The molecule has 0 spiro atoms. The van der Waals surface area contributed by atoms with Gasteiger partial charge >= 0.3 is 0 Å². The highest BCUT2D eigenvalue weighted by Crippen LogP contribution is 2.21. The Morgan fingerprint density at radius 2 is 2.28 bits per heavy atom. The lowest BCUT2D eigenvalue weighted by molar-refractivity contribution is 0.289. The highest BCUT2D eigenvalue weighted by Gasteiger charge is 2.09. The summed E-state index contributed by atoms with van der Waals surface area (Å²) in [5.74, 6) is 0.757. The van der Waals surface area contributed by atoms with Gasteiger partial charge in [0.05, 0.1) is 0 Å². The van der Waals surface area contributed by atoms with Gasteiger partial charge < -0.3 is 15.0 Å². The number of halogens is 1. The monoisotopic (exact) mass is 250 g/mol. The summed E-state index contributed by atoms with van der Waals surface area (Å²) in [6, 6.07) is 4.32. The lowest BCUT2D eigenvalue weighted by Crippen LogP contribution is -2.08. The van der Waals surface area contributed by atoms with Gasteiger partial charge in [-0.25, -0.2) is 4.39 Å². The lowest BCUT2D eigenvalue weighted by atomic mass is 10.1. The van der Waals surface area contributed by atoms with Crippen LogP contribution in [0.3, 0.4) is 0 Å². The molecule has 2 rings (SSSR count). The zero-order chi connectivity index (χ0) is 13.1. The largest absolute Gasteiger partial charge is 0.486 e. The molecule has 0 bridgehead atoms. The maximum absolute atomic E-state index is 13.7. The minimum absolute atomic E-state index is 0.244. The molecule has 6 heteroatoms. The van der Waals surface area contributed by atoms with Gasteiger partial charge in [-0.15, -0.1) is 10.2 Å². The van der Waals surface area contributed by atoms with Crippen molar-refractivity contribution in [2.75, 3.05) is 0 Å². The first-order chi connectivity index (χ1) is 8.58.